The molecule has 0 aromatic heterocycles. The first-order valence-corrected chi connectivity index (χ1v) is 8.73. The van der Waals surface area contributed by atoms with Gasteiger partial charge in [0, 0.05) is 0 Å². The van der Waals surface area contributed by atoms with Crippen molar-refractivity contribution in [3.8, 4) is 5.75 Å². The third-order valence-corrected chi connectivity index (χ3v) is 4.86. The first-order valence-electron chi connectivity index (χ1n) is 7.32. The van der Waals surface area contributed by atoms with E-state index in [2.05, 4.69) is 4.74 Å². The zero-order valence-electron chi connectivity index (χ0n) is 13.4. The number of hydrogen-bond acceptors (Lipinski definition) is 5. The molecule has 0 amide bonds. The maximum absolute atomic E-state index is 13.3. The molecule has 0 heterocycles. The van der Waals surface area contributed by atoms with Crippen LogP contribution in [0.15, 0.2) is 59.5 Å². The summed E-state index contributed by atoms with van der Waals surface area (Å²) >= 11 is 0. The molecular formula is C18H12F2O5S. The minimum Gasteiger partial charge on any atom is -0.465 e. The zero-order chi connectivity index (χ0) is 18.9. The van der Waals surface area contributed by atoms with Gasteiger partial charge in [0.1, 0.15) is 10.5 Å². The monoisotopic (exact) mass is 378 g/mol. The Morgan fingerprint density at radius 3 is 2.19 bits per heavy atom. The molecule has 0 saturated heterocycles. The molecule has 0 N–H and O–H groups in total. The minimum absolute atomic E-state index is 0.114. The Kier molecular flexibility index (Phi) is 4.60. The van der Waals surface area contributed by atoms with Crippen molar-refractivity contribution in [2.75, 3.05) is 7.11 Å². The Morgan fingerprint density at radius 2 is 1.58 bits per heavy atom. The summed E-state index contributed by atoms with van der Waals surface area (Å²) in [6, 6.07) is 11.7. The molecule has 3 rings (SSSR count). The summed E-state index contributed by atoms with van der Waals surface area (Å²) in [5.74, 6) is -3.60. The second kappa shape index (κ2) is 6.72. The molecule has 0 aliphatic rings. The van der Waals surface area contributed by atoms with E-state index in [-0.39, 0.29) is 11.3 Å². The molecule has 0 spiro atoms. The molecule has 0 fully saturated rings. The molecule has 0 saturated carbocycles. The van der Waals surface area contributed by atoms with Crippen molar-refractivity contribution in [3.05, 3.63) is 71.8 Å². The van der Waals surface area contributed by atoms with Crippen LogP contribution in [0.4, 0.5) is 8.78 Å². The van der Waals surface area contributed by atoms with E-state index in [9.17, 15) is 22.0 Å². The highest BCUT2D eigenvalue weighted by Gasteiger charge is 2.23. The number of fused-ring (bicyclic) bond motifs is 1. The highest BCUT2D eigenvalue weighted by Crippen LogP contribution is 2.29. The fourth-order valence-corrected chi connectivity index (χ4v) is 3.31. The summed E-state index contributed by atoms with van der Waals surface area (Å²) in [5.41, 5.74) is -0.114. The van der Waals surface area contributed by atoms with E-state index in [0.29, 0.717) is 22.9 Å². The van der Waals surface area contributed by atoms with Gasteiger partial charge in [-0.1, -0.05) is 24.3 Å². The summed E-state index contributed by atoms with van der Waals surface area (Å²) in [6.45, 7) is 0. The van der Waals surface area contributed by atoms with Gasteiger partial charge in [-0.25, -0.2) is 13.6 Å². The topological polar surface area (TPSA) is 69.7 Å². The van der Waals surface area contributed by atoms with Crippen molar-refractivity contribution >= 4 is 26.9 Å². The standard InChI is InChI=1S/C18H12F2O5S/c1-24-18(21)14-8-11-4-2-3-5-12(11)9-17(14)25-26(22,23)13-6-7-15(19)16(20)10-13/h2-10H,1H3. The van der Waals surface area contributed by atoms with Crippen LogP contribution in [0.1, 0.15) is 10.4 Å². The van der Waals surface area contributed by atoms with E-state index in [1.165, 1.54) is 12.1 Å². The smallest absolute Gasteiger partial charge is 0.341 e. The Labute approximate surface area is 147 Å². The highest BCUT2D eigenvalue weighted by molar-refractivity contribution is 7.87. The van der Waals surface area contributed by atoms with Crippen molar-refractivity contribution in [2.24, 2.45) is 0 Å². The Morgan fingerprint density at radius 1 is 0.923 bits per heavy atom. The van der Waals surface area contributed by atoms with Crippen LogP contribution in [-0.4, -0.2) is 21.5 Å². The summed E-state index contributed by atoms with van der Waals surface area (Å²) < 4.78 is 60.9. The molecule has 3 aromatic rings. The zero-order valence-corrected chi connectivity index (χ0v) is 14.2. The lowest BCUT2D eigenvalue weighted by Gasteiger charge is -2.12. The molecule has 0 unspecified atom stereocenters. The quantitative estimate of drug-likeness (QED) is 0.512. The van der Waals surface area contributed by atoms with Gasteiger partial charge in [-0.2, -0.15) is 8.42 Å². The number of benzene rings is 3. The van der Waals surface area contributed by atoms with Crippen LogP contribution in [0.3, 0.4) is 0 Å². The minimum atomic E-state index is -4.50. The predicted molar refractivity (Wildman–Crippen MR) is 89.5 cm³/mol. The predicted octanol–water partition coefficient (Wildman–Crippen LogP) is 3.67. The van der Waals surface area contributed by atoms with Crippen LogP contribution >= 0.6 is 0 Å². The summed E-state index contributed by atoms with van der Waals surface area (Å²) in [7, 11) is -3.36. The number of esters is 1. The average molecular weight is 378 g/mol. The molecular weight excluding hydrogens is 366 g/mol. The summed E-state index contributed by atoms with van der Waals surface area (Å²) in [6.07, 6.45) is 0. The van der Waals surface area contributed by atoms with E-state index < -0.39 is 32.6 Å². The molecule has 8 heteroatoms. The lowest BCUT2D eigenvalue weighted by atomic mass is 10.1. The molecule has 0 radical (unpaired) electrons. The largest absolute Gasteiger partial charge is 0.465 e. The van der Waals surface area contributed by atoms with Gasteiger partial charge in [-0.3, -0.25) is 0 Å². The van der Waals surface area contributed by atoms with Gasteiger partial charge in [0.15, 0.2) is 17.4 Å². The molecule has 3 aromatic carbocycles. The van der Waals surface area contributed by atoms with Gasteiger partial charge >= 0.3 is 16.1 Å². The van der Waals surface area contributed by atoms with E-state index in [1.807, 2.05) is 0 Å². The number of rotatable bonds is 4. The second-order valence-electron chi connectivity index (χ2n) is 5.30. The number of halogens is 2. The number of methoxy groups -OCH3 is 1. The number of hydrogen-bond donors (Lipinski definition) is 0. The van der Waals surface area contributed by atoms with Gasteiger partial charge in [0.05, 0.1) is 7.11 Å². The number of carbonyl (C=O) groups excluding carboxylic acids is 1. The van der Waals surface area contributed by atoms with Crippen molar-refractivity contribution in [3.63, 3.8) is 0 Å². The third-order valence-electron chi connectivity index (χ3n) is 3.63. The maximum atomic E-state index is 13.3. The molecule has 5 nitrogen and oxygen atoms in total. The Balaban J connectivity index is 2.11. The normalized spacial score (nSPS) is 11.3. The summed E-state index contributed by atoms with van der Waals surface area (Å²) in [4.78, 5) is 11.4. The molecule has 0 atom stereocenters. The van der Waals surface area contributed by atoms with Gasteiger partial charge in [0.25, 0.3) is 0 Å². The van der Waals surface area contributed by atoms with Gasteiger partial charge < -0.3 is 8.92 Å². The summed E-state index contributed by atoms with van der Waals surface area (Å²) in [5, 5.41) is 1.29. The first-order chi connectivity index (χ1) is 12.3. The van der Waals surface area contributed by atoms with Crippen LogP contribution < -0.4 is 4.18 Å². The van der Waals surface area contributed by atoms with Gasteiger partial charge in [-0.15, -0.1) is 0 Å². The van der Waals surface area contributed by atoms with Gasteiger partial charge in [-0.05, 0) is 41.1 Å². The molecule has 0 aliphatic carbocycles. The van der Waals surface area contributed by atoms with E-state index >= 15 is 0 Å². The number of ether oxygens (including phenoxy) is 1. The van der Waals surface area contributed by atoms with Crippen LogP contribution in [0, 0.1) is 11.6 Å². The van der Waals surface area contributed by atoms with Crippen molar-refractivity contribution in [1.82, 2.24) is 0 Å². The molecule has 26 heavy (non-hydrogen) atoms. The Hall–Kier alpha value is -3.00. The van der Waals surface area contributed by atoms with Crippen LogP contribution in [0.25, 0.3) is 10.8 Å². The Bertz CT molecular complexity index is 1110. The molecule has 134 valence electrons. The number of carbonyl (C=O) groups is 1. The highest BCUT2D eigenvalue weighted by atomic mass is 32.2. The van der Waals surface area contributed by atoms with E-state index in [0.717, 1.165) is 13.2 Å². The van der Waals surface area contributed by atoms with Crippen LogP contribution in [0.2, 0.25) is 0 Å². The fourth-order valence-electron chi connectivity index (χ4n) is 2.36. The lowest BCUT2D eigenvalue weighted by Crippen LogP contribution is -2.13. The maximum Gasteiger partial charge on any atom is 0.341 e. The second-order valence-corrected chi connectivity index (χ2v) is 6.85. The van der Waals surface area contributed by atoms with E-state index in [4.69, 9.17) is 4.18 Å². The SMILES string of the molecule is COC(=O)c1cc2ccccc2cc1OS(=O)(=O)c1ccc(F)c(F)c1. The van der Waals surface area contributed by atoms with Crippen LogP contribution in [-0.2, 0) is 14.9 Å². The average Bonchev–Trinajstić information content (AvgIpc) is 2.62. The molecule has 0 aliphatic heterocycles. The fraction of sp³-hybridized carbons (Fsp3) is 0.0556. The third kappa shape index (κ3) is 3.36. The molecule has 0 bridgehead atoms. The lowest BCUT2D eigenvalue weighted by molar-refractivity contribution is 0.0599. The van der Waals surface area contributed by atoms with Gasteiger partial charge in [0.2, 0.25) is 0 Å². The van der Waals surface area contributed by atoms with Crippen molar-refractivity contribution in [2.45, 2.75) is 4.90 Å². The van der Waals surface area contributed by atoms with Crippen molar-refractivity contribution in [1.29, 1.82) is 0 Å². The van der Waals surface area contributed by atoms with Crippen LogP contribution in [0.5, 0.6) is 5.75 Å². The van der Waals surface area contributed by atoms with Crippen molar-refractivity contribution < 1.29 is 30.9 Å². The first kappa shape index (κ1) is 17.8. The van der Waals surface area contributed by atoms with E-state index in [1.54, 1.807) is 24.3 Å².